The molecule has 7 nitrogen and oxygen atoms in total. The highest BCUT2D eigenvalue weighted by atomic mass is 32.2. The molecule has 0 aliphatic rings. The lowest BCUT2D eigenvalue weighted by Gasteiger charge is -2.22. The molecule has 1 amide bonds. The third-order valence-corrected chi connectivity index (χ3v) is 6.30. The average molecular weight is 443 g/mol. The molecule has 0 bridgehead atoms. The Balaban J connectivity index is 2.00. The highest BCUT2D eigenvalue weighted by Gasteiger charge is 2.31. The molecule has 0 aliphatic carbocycles. The molecule has 29 heavy (non-hydrogen) atoms. The second-order valence-corrected chi connectivity index (χ2v) is 9.22. The van der Waals surface area contributed by atoms with Crippen LogP contribution in [0.2, 0.25) is 0 Å². The summed E-state index contributed by atoms with van der Waals surface area (Å²) in [6, 6.07) is 5.47. The molecule has 0 aliphatic heterocycles. The fraction of sp³-hybridized carbons (Fsp3) is 0.368. The summed E-state index contributed by atoms with van der Waals surface area (Å²) in [5.41, 5.74) is 0.954. The molecule has 0 saturated heterocycles. The molecule has 0 saturated carbocycles. The number of carbonyl (C=O) groups excluding carboxylic acids is 2. The van der Waals surface area contributed by atoms with E-state index < -0.39 is 51.2 Å². The van der Waals surface area contributed by atoms with Gasteiger partial charge in [0.05, 0.1) is 0 Å². The van der Waals surface area contributed by atoms with Gasteiger partial charge in [0, 0.05) is 13.6 Å². The lowest BCUT2D eigenvalue weighted by molar-refractivity contribution is -0.154. The molecule has 1 N–H and O–H groups in total. The number of nitrogens with one attached hydrogen (secondary N) is 1. The Bertz CT molecular complexity index is 945. The van der Waals surface area contributed by atoms with E-state index in [1.807, 2.05) is 16.8 Å². The van der Waals surface area contributed by atoms with Crippen LogP contribution in [0, 0.1) is 11.7 Å². The van der Waals surface area contributed by atoms with Crippen LogP contribution in [0.25, 0.3) is 0 Å². The Morgan fingerprint density at radius 3 is 2.52 bits per heavy atom. The predicted molar refractivity (Wildman–Crippen MR) is 107 cm³/mol. The Kier molecular flexibility index (Phi) is 7.88. The summed E-state index contributed by atoms with van der Waals surface area (Å²) in [5.74, 6) is -2.75. The van der Waals surface area contributed by atoms with Crippen LogP contribution in [-0.4, -0.2) is 44.9 Å². The zero-order chi connectivity index (χ0) is 21.6. The van der Waals surface area contributed by atoms with Gasteiger partial charge in [-0.25, -0.2) is 12.8 Å². The van der Waals surface area contributed by atoms with Crippen molar-refractivity contribution in [3.8, 4) is 0 Å². The number of nitrogens with zero attached hydrogens (tertiary/aromatic N) is 1. The Hall–Kier alpha value is -2.30. The molecule has 1 atom stereocenters. The number of halogens is 1. The van der Waals surface area contributed by atoms with Gasteiger partial charge in [-0.2, -0.15) is 16.1 Å². The van der Waals surface area contributed by atoms with Crippen molar-refractivity contribution < 1.29 is 27.1 Å². The standard InChI is InChI=1S/C19H23FN2O5S2/c1-13(2)18(21-29(25,26)16-7-5-4-6-15(16)20)19(24)27-11-17(23)22(3)10-14-8-9-28-12-14/h4-9,12-13,18,21H,10-11H2,1-3H3/t18-/m0/s1. The van der Waals surface area contributed by atoms with Crippen molar-refractivity contribution in [1.82, 2.24) is 9.62 Å². The summed E-state index contributed by atoms with van der Waals surface area (Å²) >= 11 is 1.51. The van der Waals surface area contributed by atoms with Gasteiger partial charge >= 0.3 is 5.97 Å². The van der Waals surface area contributed by atoms with Gasteiger partial charge in [-0.1, -0.05) is 26.0 Å². The second kappa shape index (κ2) is 9.95. The van der Waals surface area contributed by atoms with E-state index >= 15 is 0 Å². The number of likely N-dealkylation sites (N-methyl/N-ethyl adjacent to an activating group) is 1. The topological polar surface area (TPSA) is 92.8 Å². The van der Waals surface area contributed by atoms with E-state index in [-0.39, 0.29) is 0 Å². The molecular formula is C19H23FN2O5S2. The van der Waals surface area contributed by atoms with Crippen LogP contribution < -0.4 is 4.72 Å². The monoisotopic (exact) mass is 442 g/mol. The SMILES string of the molecule is CC(C)[C@H](NS(=O)(=O)c1ccccc1F)C(=O)OCC(=O)N(C)Cc1ccsc1. The Morgan fingerprint density at radius 1 is 1.24 bits per heavy atom. The minimum absolute atomic E-state index is 0.368. The van der Waals surface area contributed by atoms with E-state index in [0.717, 1.165) is 17.7 Å². The van der Waals surface area contributed by atoms with E-state index in [9.17, 15) is 22.4 Å². The van der Waals surface area contributed by atoms with Crippen LogP contribution in [0.4, 0.5) is 4.39 Å². The zero-order valence-electron chi connectivity index (χ0n) is 16.3. The van der Waals surface area contributed by atoms with Gasteiger partial charge in [0.2, 0.25) is 10.0 Å². The molecule has 2 rings (SSSR count). The summed E-state index contributed by atoms with van der Waals surface area (Å²) in [5, 5.41) is 3.80. The number of ether oxygens (including phenoxy) is 1. The van der Waals surface area contributed by atoms with Crippen LogP contribution in [0.15, 0.2) is 46.0 Å². The van der Waals surface area contributed by atoms with Crippen molar-refractivity contribution in [2.45, 2.75) is 31.3 Å². The molecule has 1 aromatic heterocycles. The first-order valence-electron chi connectivity index (χ1n) is 8.80. The molecule has 1 aromatic carbocycles. The fourth-order valence-electron chi connectivity index (χ4n) is 2.43. The average Bonchev–Trinajstić information content (AvgIpc) is 3.16. The Labute approximate surface area is 173 Å². The van der Waals surface area contributed by atoms with Crippen molar-refractivity contribution in [1.29, 1.82) is 0 Å². The zero-order valence-corrected chi connectivity index (χ0v) is 17.9. The van der Waals surface area contributed by atoms with Crippen molar-refractivity contribution in [2.24, 2.45) is 5.92 Å². The molecule has 0 unspecified atom stereocenters. The first kappa shape index (κ1) is 23.0. The van der Waals surface area contributed by atoms with Gasteiger partial charge in [-0.3, -0.25) is 9.59 Å². The van der Waals surface area contributed by atoms with Crippen LogP contribution in [0.1, 0.15) is 19.4 Å². The predicted octanol–water partition coefficient (Wildman–Crippen LogP) is 2.39. The van der Waals surface area contributed by atoms with Crippen molar-refractivity contribution in [2.75, 3.05) is 13.7 Å². The molecule has 0 radical (unpaired) electrons. The normalized spacial score (nSPS) is 12.6. The first-order valence-corrected chi connectivity index (χ1v) is 11.2. The second-order valence-electron chi connectivity index (χ2n) is 6.76. The van der Waals surface area contributed by atoms with E-state index in [2.05, 4.69) is 4.72 Å². The van der Waals surface area contributed by atoms with Gasteiger partial charge in [-0.15, -0.1) is 0 Å². The molecule has 0 spiro atoms. The minimum atomic E-state index is -4.29. The molecule has 10 heteroatoms. The third-order valence-electron chi connectivity index (χ3n) is 4.09. The highest BCUT2D eigenvalue weighted by Crippen LogP contribution is 2.16. The van der Waals surface area contributed by atoms with Crippen molar-refractivity contribution in [3.05, 3.63) is 52.5 Å². The number of hydrogen-bond acceptors (Lipinski definition) is 6. The number of benzene rings is 1. The molecule has 0 fully saturated rings. The van der Waals surface area contributed by atoms with Gasteiger partial charge in [-0.05, 0) is 40.4 Å². The smallest absolute Gasteiger partial charge is 0.324 e. The number of carbonyl (C=O) groups is 2. The number of esters is 1. The largest absolute Gasteiger partial charge is 0.454 e. The highest BCUT2D eigenvalue weighted by molar-refractivity contribution is 7.89. The first-order chi connectivity index (χ1) is 13.6. The number of amides is 1. The van der Waals surface area contributed by atoms with E-state index in [4.69, 9.17) is 4.74 Å². The van der Waals surface area contributed by atoms with Gasteiger partial charge < -0.3 is 9.64 Å². The minimum Gasteiger partial charge on any atom is -0.454 e. The summed E-state index contributed by atoms with van der Waals surface area (Å²) in [4.78, 5) is 25.4. The van der Waals surface area contributed by atoms with Crippen LogP contribution in [0.5, 0.6) is 0 Å². The summed E-state index contributed by atoms with van der Waals surface area (Å²) < 4.78 is 46.0. The molecule has 1 heterocycles. The summed E-state index contributed by atoms with van der Waals surface area (Å²) in [6.45, 7) is 3.07. The summed E-state index contributed by atoms with van der Waals surface area (Å²) in [7, 11) is -2.71. The number of hydrogen-bond donors (Lipinski definition) is 1. The maximum absolute atomic E-state index is 13.9. The van der Waals surface area contributed by atoms with E-state index in [1.54, 1.807) is 20.9 Å². The lowest BCUT2D eigenvalue weighted by Crippen LogP contribution is -2.46. The third kappa shape index (κ3) is 6.34. The van der Waals surface area contributed by atoms with Gasteiger partial charge in [0.25, 0.3) is 5.91 Å². The van der Waals surface area contributed by atoms with Crippen LogP contribution in [-0.2, 0) is 30.9 Å². The Morgan fingerprint density at radius 2 is 1.93 bits per heavy atom. The fourth-order valence-corrected chi connectivity index (χ4v) is 4.50. The maximum Gasteiger partial charge on any atom is 0.324 e. The molecular weight excluding hydrogens is 419 g/mol. The number of rotatable bonds is 9. The lowest BCUT2D eigenvalue weighted by atomic mass is 10.1. The quantitative estimate of drug-likeness (QED) is 0.602. The van der Waals surface area contributed by atoms with E-state index in [1.165, 1.54) is 28.4 Å². The van der Waals surface area contributed by atoms with Crippen molar-refractivity contribution in [3.63, 3.8) is 0 Å². The van der Waals surface area contributed by atoms with Gasteiger partial charge in [0.15, 0.2) is 6.61 Å². The van der Waals surface area contributed by atoms with E-state index in [0.29, 0.717) is 6.54 Å². The molecule has 2 aromatic rings. The van der Waals surface area contributed by atoms with Crippen LogP contribution >= 0.6 is 11.3 Å². The molecule has 158 valence electrons. The number of thiophene rings is 1. The summed E-state index contributed by atoms with van der Waals surface area (Å²) in [6.07, 6.45) is 0. The maximum atomic E-state index is 13.9. The number of sulfonamides is 1. The van der Waals surface area contributed by atoms with Gasteiger partial charge in [0.1, 0.15) is 16.8 Å². The van der Waals surface area contributed by atoms with Crippen LogP contribution in [0.3, 0.4) is 0 Å². The van der Waals surface area contributed by atoms with Crippen molar-refractivity contribution >= 4 is 33.2 Å².